The number of hydrogen-bond acceptors (Lipinski definition) is 7. The summed E-state index contributed by atoms with van der Waals surface area (Å²) >= 11 is 0. The highest BCUT2D eigenvalue weighted by Crippen LogP contribution is 2.46. The van der Waals surface area contributed by atoms with Gasteiger partial charge in [-0.05, 0) is 42.7 Å². The molecule has 1 saturated carbocycles. The van der Waals surface area contributed by atoms with Gasteiger partial charge < -0.3 is 15.4 Å². The highest BCUT2D eigenvalue weighted by Gasteiger charge is 2.44. The summed E-state index contributed by atoms with van der Waals surface area (Å²) < 4.78 is 75.3. The van der Waals surface area contributed by atoms with Crippen LogP contribution in [0.4, 0.5) is 24.5 Å². The average molecular weight is 564 g/mol. The van der Waals surface area contributed by atoms with Gasteiger partial charge in [0.25, 0.3) is 0 Å². The molecule has 208 valence electrons. The Morgan fingerprint density at radius 3 is 2.23 bits per heavy atom. The molecule has 2 fully saturated rings. The number of nitrogens with zero attached hydrogens (tertiary/aromatic N) is 4. The van der Waals surface area contributed by atoms with Gasteiger partial charge in [0.15, 0.2) is 0 Å². The van der Waals surface area contributed by atoms with Gasteiger partial charge in [0.1, 0.15) is 17.3 Å². The highest BCUT2D eigenvalue weighted by atomic mass is 32.2. The van der Waals surface area contributed by atoms with E-state index < -0.39 is 39.3 Å². The van der Waals surface area contributed by atoms with Crippen molar-refractivity contribution in [1.29, 1.82) is 0 Å². The standard InChI is InChI=1S/C26H28F3N5O4S/c27-16-26(5-6-26)17-38-24-23(14-31-34(25(24)35)22-12-19(28)11-20(29)13-22)32-7-9-33(10-8-32)39(36,37)15-18-1-3-21(30)4-2-18/h1-4,11-14H,5-10,15-17,30H2. The average Bonchev–Trinajstić information content (AvgIpc) is 3.69. The Bertz CT molecular complexity index is 1500. The van der Waals surface area contributed by atoms with Crippen molar-refractivity contribution in [1.82, 2.24) is 14.1 Å². The van der Waals surface area contributed by atoms with Gasteiger partial charge in [-0.25, -0.2) is 17.2 Å². The number of nitrogens with two attached hydrogens (primary N) is 1. The molecule has 13 heteroatoms. The summed E-state index contributed by atoms with van der Waals surface area (Å²) in [5.41, 5.74) is 5.60. The second-order valence-electron chi connectivity index (χ2n) is 10.0. The number of aromatic nitrogens is 2. The predicted molar refractivity (Wildman–Crippen MR) is 140 cm³/mol. The molecule has 1 aromatic heterocycles. The number of halogens is 3. The molecule has 2 aliphatic rings. The fourth-order valence-electron chi connectivity index (χ4n) is 4.48. The fourth-order valence-corrected chi connectivity index (χ4v) is 5.99. The van der Waals surface area contributed by atoms with E-state index in [9.17, 15) is 26.4 Å². The minimum atomic E-state index is -3.61. The molecule has 2 aromatic carbocycles. The van der Waals surface area contributed by atoms with E-state index in [0.717, 1.165) is 16.8 Å². The van der Waals surface area contributed by atoms with Crippen molar-refractivity contribution in [2.45, 2.75) is 18.6 Å². The number of sulfonamides is 1. The normalized spacial score (nSPS) is 17.3. The van der Waals surface area contributed by atoms with Crippen molar-refractivity contribution in [2.75, 3.05) is 50.1 Å². The molecule has 3 aromatic rings. The molecule has 39 heavy (non-hydrogen) atoms. The largest absolute Gasteiger partial charge is 0.486 e. The molecule has 0 unspecified atom stereocenters. The number of anilines is 2. The van der Waals surface area contributed by atoms with Crippen molar-refractivity contribution in [3.8, 4) is 11.4 Å². The Morgan fingerprint density at radius 2 is 1.64 bits per heavy atom. The lowest BCUT2D eigenvalue weighted by Crippen LogP contribution is -2.49. The number of benzene rings is 2. The molecular weight excluding hydrogens is 535 g/mol. The summed E-state index contributed by atoms with van der Waals surface area (Å²) in [4.78, 5) is 15.2. The van der Waals surface area contributed by atoms with Crippen LogP contribution in [0.1, 0.15) is 18.4 Å². The summed E-state index contributed by atoms with van der Waals surface area (Å²) in [6.45, 7) is 0.160. The van der Waals surface area contributed by atoms with Crippen molar-refractivity contribution in [2.24, 2.45) is 5.41 Å². The molecule has 1 saturated heterocycles. The highest BCUT2D eigenvalue weighted by molar-refractivity contribution is 7.88. The Kier molecular flexibility index (Phi) is 7.29. The van der Waals surface area contributed by atoms with Crippen LogP contribution in [0.3, 0.4) is 0 Å². The third-order valence-corrected chi connectivity index (χ3v) is 8.92. The van der Waals surface area contributed by atoms with Gasteiger partial charge in [0.2, 0.25) is 15.8 Å². The molecule has 0 spiro atoms. The first-order chi connectivity index (χ1) is 18.6. The van der Waals surface area contributed by atoms with Crippen LogP contribution in [-0.2, 0) is 15.8 Å². The first-order valence-electron chi connectivity index (χ1n) is 12.4. The smallest absolute Gasteiger partial charge is 0.316 e. The topological polar surface area (TPSA) is 111 Å². The van der Waals surface area contributed by atoms with E-state index in [0.29, 0.717) is 35.8 Å². The minimum absolute atomic E-state index is 0.0385. The van der Waals surface area contributed by atoms with Crippen molar-refractivity contribution in [3.63, 3.8) is 0 Å². The monoisotopic (exact) mass is 563 g/mol. The van der Waals surface area contributed by atoms with E-state index in [1.54, 1.807) is 29.2 Å². The van der Waals surface area contributed by atoms with E-state index >= 15 is 0 Å². The Hall–Kier alpha value is -3.58. The van der Waals surface area contributed by atoms with E-state index in [-0.39, 0.29) is 50.0 Å². The minimum Gasteiger partial charge on any atom is -0.486 e. The van der Waals surface area contributed by atoms with E-state index in [1.165, 1.54) is 10.5 Å². The van der Waals surface area contributed by atoms with Gasteiger partial charge in [0, 0.05) is 43.3 Å². The van der Waals surface area contributed by atoms with Crippen LogP contribution >= 0.6 is 0 Å². The van der Waals surface area contributed by atoms with Crippen LogP contribution < -0.4 is 20.9 Å². The van der Waals surface area contributed by atoms with Crippen molar-refractivity contribution >= 4 is 21.4 Å². The molecule has 5 rings (SSSR count). The number of ether oxygens (including phenoxy) is 1. The van der Waals surface area contributed by atoms with Crippen LogP contribution in [0, 0.1) is 17.0 Å². The van der Waals surface area contributed by atoms with Gasteiger partial charge in [-0.2, -0.15) is 14.1 Å². The lowest BCUT2D eigenvalue weighted by Gasteiger charge is -2.35. The number of piperazine rings is 1. The zero-order valence-electron chi connectivity index (χ0n) is 21.0. The van der Waals surface area contributed by atoms with Crippen molar-refractivity contribution in [3.05, 3.63) is 76.2 Å². The Morgan fingerprint density at radius 1 is 1.00 bits per heavy atom. The molecule has 9 nitrogen and oxygen atoms in total. The maximum Gasteiger partial charge on any atom is 0.316 e. The number of nitrogen functional groups attached to an aromatic ring is 1. The zero-order chi connectivity index (χ0) is 27.8. The van der Waals surface area contributed by atoms with Crippen LogP contribution in [0.2, 0.25) is 0 Å². The SMILES string of the molecule is Nc1ccc(CS(=O)(=O)N2CCN(c3cnn(-c4cc(F)cc(F)c4)c(=O)c3OCC3(CF)CC3)CC2)cc1. The van der Waals surface area contributed by atoms with Crippen LogP contribution in [0.25, 0.3) is 5.69 Å². The third-order valence-electron chi connectivity index (χ3n) is 7.07. The zero-order valence-corrected chi connectivity index (χ0v) is 21.8. The molecule has 2 heterocycles. The summed E-state index contributed by atoms with van der Waals surface area (Å²) in [6.07, 6.45) is 2.59. The second-order valence-corrected chi connectivity index (χ2v) is 12.0. The van der Waals surface area contributed by atoms with Gasteiger partial charge >= 0.3 is 5.56 Å². The summed E-state index contributed by atoms with van der Waals surface area (Å²) in [5, 5.41) is 4.11. The van der Waals surface area contributed by atoms with Crippen LogP contribution in [-0.4, -0.2) is 62.0 Å². The predicted octanol–water partition coefficient (Wildman–Crippen LogP) is 2.87. The molecule has 1 aliphatic heterocycles. The van der Waals surface area contributed by atoms with Crippen molar-refractivity contribution < 1.29 is 26.3 Å². The van der Waals surface area contributed by atoms with E-state index in [4.69, 9.17) is 10.5 Å². The molecular formula is C26H28F3N5O4S. The summed E-state index contributed by atoms with van der Waals surface area (Å²) in [6, 6.07) is 9.24. The number of hydrogen-bond donors (Lipinski definition) is 1. The van der Waals surface area contributed by atoms with Crippen LogP contribution in [0.15, 0.2) is 53.5 Å². The van der Waals surface area contributed by atoms with Gasteiger partial charge in [-0.1, -0.05) is 12.1 Å². The fraction of sp³-hybridized carbons (Fsp3) is 0.385. The third kappa shape index (κ3) is 5.88. The lowest BCUT2D eigenvalue weighted by molar-refractivity contribution is 0.197. The van der Waals surface area contributed by atoms with Gasteiger partial charge in [0.05, 0.1) is 30.9 Å². The Labute approximate surface area is 223 Å². The Balaban J connectivity index is 1.38. The second kappa shape index (κ2) is 10.5. The lowest BCUT2D eigenvalue weighted by atomic mass is 10.1. The molecule has 0 amide bonds. The summed E-state index contributed by atoms with van der Waals surface area (Å²) in [5.74, 6) is -2.06. The number of alkyl halides is 1. The molecule has 1 aliphatic carbocycles. The first kappa shape index (κ1) is 27.0. The maximum atomic E-state index is 13.8. The van der Waals surface area contributed by atoms with Crippen LogP contribution in [0.5, 0.6) is 5.75 Å². The molecule has 0 bridgehead atoms. The number of rotatable bonds is 9. The molecule has 0 atom stereocenters. The quantitative estimate of drug-likeness (QED) is 0.399. The van der Waals surface area contributed by atoms with Gasteiger partial charge in [-0.15, -0.1) is 0 Å². The van der Waals surface area contributed by atoms with E-state index in [1.807, 2.05) is 0 Å². The first-order valence-corrected chi connectivity index (χ1v) is 14.0. The van der Waals surface area contributed by atoms with E-state index in [2.05, 4.69) is 5.10 Å². The molecule has 0 radical (unpaired) electrons. The molecule has 2 N–H and O–H groups in total. The maximum absolute atomic E-state index is 13.8. The van der Waals surface area contributed by atoms with Gasteiger partial charge in [-0.3, -0.25) is 9.18 Å². The summed E-state index contributed by atoms with van der Waals surface area (Å²) in [7, 11) is -3.61.